The Morgan fingerprint density at radius 2 is 2.15 bits per heavy atom. The number of thioether (sulfide) groups is 1. The van der Waals surface area contributed by atoms with Crippen LogP contribution < -0.4 is 5.32 Å². The summed E-state index contributed by atoms with van der Waals surface area (Å²) in [5.74, 6) is 2.65. The zero-order valence-electron chi connectivity index (χ0n) is 8.44. The Balaban J connectivity index is 2.20. The van der Waals surface area contributed by atoms with Crippen molar-refractivity contribution >= 4 is 11.8 Å². The molecule has 1 rings (SSSR count). The third-order valence-electron chi connectivity index (χ3n) is 2.84. The maximum absolute atomic E-state index is 5.19. The van der Waals surface area contributed by atoms with E-state index in [4.69, 9.17) is 6.42 Å². The average molecular weight is 197 g/mol. The lowest BCUT2D eigenvalue weighted by Crippen LogP contribution is -2.35. The fourth-order valence-electron chi connectivity index (χ4n) is 1.95. The van der Waals surface area contributed by atoms with Crippen LogP contribution in [0.3, 0.4) is 0 Å². The molecule has 0 aliphatic heterocycles. The Kier molecular flexibility index (Phi) is 4.69. The highest BCUT2D eigenvalue weighted by molar-refractivity contribution is 8.00. The Morgan fingerprint density at radius 3 is 2.69 bits per heavy atom. The predicted molar refractivity (Wildman–Crippen MR) is 61.0 cm³/mol. The van der Waals surface area contributed by atoms with E-state index in [0.29, 0.717) is 4.75 Å². The van der Waals surface area contributed by atoms with Crippen molar-refractivity contribution in [2.45, 2.75) is 36.9 Å². The molecule has 1 N–H and O–H groups in total. The van der Waals surface area contributed by atoms with Crippen LogP contribution in [0.25, 0.3) is 0 Å². The number of hydrogen-bond donors (Lipinski definition) is 1. The molecule has 0 saturated heterocycles. The van der Waals surface area contributed by atoms with E-state index >= 15 is 0 Å². The minimum absolute atomic E-state index is 0.522. The molecule has 13 heavy (non-hydrogen) atoms. The molecule has 1 fully saturated rings. The molecule has 1 saturated carbocycles. The zero-order valence-corrected chi connectivity index (χ0v) is 9.25. The van der Waals surface area contributed by atoms with Crippen LogP contribution in [0.2, 0.25) is 0 Å². The molecule has 0 amide bonds. The number of terminal acetylenes is 1. The molecule has 0 radical (unpaired) electrons. The van der Waals surface area contributed by atoms with Crippen LogP contribution in [0.5, 0.6) is 0 Å². The first kappa shape index (κ1) is 10.9. The van der Waals surface area contributed by atoms with Gasteiger partial charge in [-0.15, -0.1) is 12.3 Å². The van der Waals surface area contributed by atoms with E-state index in [9.17, 15) is 0 Å². The van der Waals surface area contributed by atoms with Gasteiger partial charge in [0.25, 0.3) is 0 Å². The Hall–Kier alpha value is -0.130. The summed E-state index contributed by atoms with van der Waals surface area (Å²) in [5.41, 5.74) is 0. The van der Waals surface area contributed by atoms with Gasteiger partial charge < -0.3 is 5.32 Å². The van der Waals surface area contributed by atoms with Crippen molar-refractivity contribution in [1.82, 2.24) is 5.32 Å². The molecule has 0 spiro atoms. The van der Waals surface area contributed by atoms with E-state index in [0.717, 1.165) is 19.5 Å². The van der Waals surface area contributed by atoms with Gasteiger partial charge in [-0.1, -0.05) is 12.8 Å². The van der Waals surface area contributed by atoms with Crippen LogP contribution in [0.4, 0.5) is 0 Å². The highest BCUT2D eigenvalue weighted by atomic mass is 32.2. The lowest BCUT2D eigenvalue weighted by Gasteiger charge is -2.26. The third-order valence-corrected chi connectivity index (χ3v) is 4.26. The molecule has 1 aliphatic rings. The van der Waals surface area contributed by atoms with Gasteiger partial charge in [-0.3, -0.25) is 0 Å². The summed E-state index contributed by atoms with van der Waals surface area (Å²) in [7, 11) is 0. The van der Waals surface area contributed by atoms with Crippen molar-refractivity contribution in [3.8, 4) is 12.3 Å². The van der Waals surface area contributed by atoms with Gasteiger partial charge in [0.15, 0.2) is 0 Å². The molecule has 1 aliphatic carbocycles. The Morgan fingerprint density at radius 1 is 1.46 bits per heavy atom. The highest BCUT2D eigenvalue weighted by Gasteiger charge is 2.32. The second-order valence-corrected chi connectivity index (χ2v) is 5.00. The van der Waals surface area contributed by atoms with Crippen molar-refractivity contribution in [3.63, 3.8) is 0 Å². The number of hydrogen-bond acceptors (Lipinski definition) is 2. The topological polar surface area (TPSA) is 12.0 Å². The van der Waals surface area contributed by atoms with Crippen LogP contribution in [0, 0.1) is 12.3 Å². The summed E-state index contributed by atoms with van der Waals surface area (Å²) < 4.78 is 0.522. The molecule has 0 unspecified atom stereocenters. The minimum Gasteiger partial charge on any atom is -0.314 e. The fraction of sp³-hybridized carbons (Fsp3) is 0.818. The molecule has 0 aromatic heterocycles. The van der Waals surface area contributed by atoms with Crippen LogP contribution in [-0.2, 0) is 0 Å². The first-order chi connectivity index (χ1) is 6.33. The van der Waals surface area contributed by atoms with E-state index < -0.39 is 0 Å². The number of nitrogens with one attached hydrogen (secondary N) is 1. The second kappa shape index (κ2) is 5.57. The lowest BCUT2D eigenvalue weighted by atomic mass is 10.1. The van der Waals surface area contributed by atoms with Crippen molar-refractivity contribution in [1.29, 1.82) is 0 Å². The molecule has 2 heteroatoms. The summed E-state index contributed by atoms with van der Waals surface area (Å²) in [6.07, 6.45) is 13.8. The molecule has 0 aromatic rings. The molecule has 1 nitrogen and oxygen atoms in total. The maximum Gasteiger partial charge on any atom is 0.0281 e. The highest BCUT2D eigenvalue weighted by Crippen LogP contribution is 2.39. The minimum atomic E-state index is 0.522. The molecule has 0 aromatic carbocycles. The summed E-state index contributed by atoms with van der Waals surface area (Å²) >= 11 is 2.02. The third kappa shape index (κ3) is 3.25. The van der Waals surface area contributed by atoms with Crippen LogP contribution in [0.1, 0.15) is 32.1 Å². The summed E-state index contributed by atoms with van der Waals surface area (Å²) in [4.78, 5) is 0. The molecule has 74 valence electrons. The molecule has 0 bridgehead atoms. The van der Waals surface area contributed by atoms with Crippen LogP contribution >= 0.6 is 11.8 Å². The van der Waals surface area contributed by atoms with E-state index in [1.165, 1.54) is 25.7 Å². The van der Waals surface area contributed by atoms with Crippen molar-refractivity contribution in [3.05, 3.63) is 0 Å². The SMILES string of the molecule is C#CCCNCC1(SC)CCCC1. The van der Waals surface area contributed by atoms with Crippen molar-refractivity contribution in [2.75, 3.05) is 19.3 Å². The van der Waals surface area contributed by atoms with Gasteiger partial charge in [0.1, 0.15) is 0 Å². The van der Waals surface area contributed by atoms with Gasteiger partial charge in [0.05, 0.1) is 0 Å². The van der Waals surface area contributed by atoms with Gasteiger partial charge >= 0.3 is 0 Å². The summed E-state index contributed by atoms with van der Waals surface area (Å²) in [6, 6.07) is 0. The Labute approximate surface area is 86.1 Å². The summed E-state index contributed by atoms with van der Waals surface area (Å²) in [5, 5.41) is 3.46. The quantitative estimate of drug-likeness (QED) is 0.536. The van der Waals surface area contributed by atoms with Crippen molar-refractivity contribution < 1.29 is 0 Å². The second-order valence-electron chi connectivity index (χ2n) is 3.73. The van der Waals surface area contributed by atoms with Gasteiger partial charge in [0, 0.05) is 24.3 Å². The van der Waals surface area contributed by atoms with Crippen LogP contribution in [0.15, 0.2) is 0 Å². The summed E-state index contributed by atoms with van der Waals surface area (Å²) in [6.45, 7) is 2.11. The number of rotatable bonds is 5. The maximum atomic E-state index is 5.19. The van der Waals surface area contributed by atoms with E-state index in [2.05, 4.69) is 17.5 Å². The molecule has 0 atom stereocenters. The van der Waals surface area contributed by atoms with Crippen molar-refractivity contribution in [2.24, 2.45) is 0 Å². The van der Waals surface area contributed by atoms with E-state index in [1.54, 1.807) is 0 Å². The average Bonchev–Trinajstić information content (AvgIpc) is 2.62. The predicted octanol–water partition coefficient (Wildman–Crippen LogP) is 2.28. The molecular weight excluding hydrogens is 178 g/mol. The normalized spacial score (nSPS) is 20.0. The van der Waals surface area contributed by atoms with Gasteiger partial charge in [0.2, 0.25) is 0 Å². The monoisotopic (exact) mass is 197 g/mol. The standard InChI is InChI=1S/C11H19NS/c1-3-4-9-12-10-11(13-2)7-5-6-8-11/h1,12H,4-10H2,2H3. The smallest absolute Gasteiger partial charge is 0.0281 e. The first-order valence-corrected chi connectivity index (χ1v) is 6.25. The first-order valence-electron chi connectivity index (χ1n) is 5.02. The fourth-order valence-corrected chi connectivity index (χ4v) is 2.89. The molecular formula is C11H19NS. The van der Waals surface area contributed by atoms with Gasteiger partial charge in [-0.05, 0) is 19.1 Å². The van der Waals surface area contributed by atoms with Gasteiger partial charge in [-0.2, -0.15) is 11.8 Å². The van der Waals surface area contributed by atoms with Crippen LogP contribution in [-0.4, -0.2) is 24.1 Å². The zero-order chi connectivity index (χ0) is 9.57. The lowest BCUT2D eigenvalue weighted by molar-refractivity contribution is 0.539. The largest absolute Gasteiger partial charge is 0.314 e. The van der Waals surface area contributed by atoms with E-state index in [1.807, 2.05) is 11.8 Å². The Bertz CT molecular complexity index is 177. The van der Waals surface area contributed by atoms with Gasteiger partial charge in [-0.25, -0.2) is 0 Å². The van der Waals surface area contributed by atoms with E-state index in [-0.39, 0.29) is 0 Å². The molecule has 0 heterocycles.